The first-order chi connectivity index (χ1) is 9.86. The molecule has 1 aromatic carbocycles. The van der Waals surface area contributed by atoms with E-state index >= 15 is 0 Å². The first-order valence-electron chi connectivity index (χ1n) is 7.49. The van der Waals surface area contributed by atoms with E-state index in [9.17, 15) is 4.79 Å². The van der Waals surface area contributed by atoms with Crippen molar-refractivity contribution in [3.8, 4) is 0 Å². The van der Waals surface area contributed by atoms with Crippen molar-refractivity contribution in [2.45, 2.75) is 45.8 Å². The molecule has 2 unspecified atom stereocenters. The third kappa shape index (κ3) is 5.36. The number of nitrogens with one attached hydrogen (secondary N) is 1. The summed E-state index contributed by atoms with van der Waals surface area (Å²) in [6, 6.07) is 6.12. The molecule has 1 aromatic rings. The van der Waals surface area contributed by atoms with Crippen LogP contribution in [0.1, 0.15) is 44.7 Å². The Morgan fingerprint density at radius 2 is 1.95 bits per heavy atom. The van der Waals surface area contributed by atoms with Gasteiger partial charge in [0.1, 0.15) is 0 Å². The summed E-state index contributed by atoms with van der Waals surface area (Å²) >= 11 is 1.58. The lowest BCUT2D eigenvalue weighted by Gasteiger charge is -2.19. The first-order valence-corrected chi connectivity index (χ1v) is 8.54. The Kier molecular flexibility index (Phi) is 7.26. The molecule has 0 saturated heterocycles. The minimum absolute atomic E-state index is 0.0290. The van der Waals surface area contributed by atoms with Gasteiger partial charge in [-0.05, 0) is 42.6 Å². The quantitative estimate of drug-likeness (QED) is 0.805. The molecule has 0 heterocycles. The molecule has 1 amide bonds. The van der Waals surface area contributed by atoms with E-state index in [1.54, 1.807) is 11.8 Å². The van der Waals surface area contributed by atoms with Crippen molar-refractivity contribution < 1.29 is 9.90 Å². The molecule has 0 aliphatic heterocycles. The second-order valence-electron chi connectivity index (χ2n) is 5.95. The maximum atomic E-state index is 12.3. The van der Waals surface area contributed by atoms with E-state index < -0.39 is 0 Å². The van der Waals surface area contributed by atoms with Gasteiger partial charge in [-0.2, -0.15) is 0 Å². The molecule has 3 nitrogen and oxygen atoms in total. The van der Waals surface area contributed by atoms with Gasteiger partial charge in [-0.25, -0.2) is 0 Å². The van der Waals surface area contributed by atoms with Gasteiger partial charge in [0, 0.05) is 12.3 Å². The van der Waals surface area contributed by atoms with E-state index in [0.717, 1.165) is 17.0 Å². The molecule has 4 heteroatoms. The molecule has 2 atom stereocenters. The molecule has 0 aliphatic carbocycles. The van der Waals surface area contributed by atoms with E-state index in [1.165, 1.54) is 5.56 Å². The van der Waals surface area contributed by atoms with Crippen LogP contribution >= 0.6 is 11.8 Å². The van der Waals surface area contributed by atoms with E-state index in [1.807, 2.05) is 32.9 Å². The fourth-order valence-corrected chi connectivity index (χ4v) is 2.94. The van der Waals surface area contributed by atoms with Gasteiger partial charge in [0.15, 0.2) is 0 Å². The summed E-state index contributed by atoms with van der Waals surface area (Å²) in [5.41, 5.74) is 3.21. The average molecular weight is 309 g/mol. The van der Waals surface area contributed by atoms with Crippen LogP contribution in [0.3, 0.4) is 0 Å². The SMILES string of the molecule is Cc1cccc(C(C)C)c1NC(=O)C(C)SCC(C)CO. The van der Waals surface area contributed by atoms with Gasteiger partial charge in [0.2, 0.25) is 5.91 Å². The molecular weight excluding hydrogens is 282 g/mol. The zero-order chi connectivity index (χ0) is 16.0. The van der Waals surface area contributed by atoms with Crippen molar-refractivity contribution >= 4 is 23.4 Å². The molecule has 118 valence electrons. The Hall–Kier alpha value is -1.000. The minimum atomic E-state index is -0.126. The molecule has 0 fully saturated rings. The van der Waals surface area contributed by atoms with Gasteiger partial charge >= 0.3 is 0 Å². The number of anilines is 1. The molecule has 0 aliphatic rings. The predicted octanol–water partition coefficient (Wildman–Crippen LogP) is 3.81. The summed E-state index contributed by atoms with van der Waals surface area (Å²) in [4.78, 5) is 12.3. The van der Waals surface area contributed by atoms with Crippen LogP contribution in [0.4, 0.5) is 5.69 Å². The van der Waals surface area contributed by atoms with Crippen LogP contribution in [-0.4, -0.2) is 28.6 Å². The van der Waals surface area contributed by atoms with Crippen LogP contribution < -0.4 is 5.32 Å². The van der Waals surface area contributed by atoms with Crippen LogP contribution in [0, 0.1) is 12.8 Å². The number of benzene rings is 1. The van der Waals surface area contributed by atoms with Gasteiger partial charge < -0.3 is 10.4 Å². The van der Waals surface area contributed by atoms with E-state index in [0.29, 0.717) is 5.92 Å². The minimum Gasteiger partial charge on any atom is -0.396 e. The molecule has 0 saturated carbocycles. The molecular formula is C17H27NO2S. The van der Waals surface area contributed by atoms with Crippen LogP contribution in [0.5, 0.6) is 0 Å². The largest absolute Gasteiger partial charge is 0.396 e. The topological polar surface area (TPSA) is 49.3 Å². The van der Waals surface area contributed by atoms with Crippen molar-refractivity contribution in [1.29, 1.82) is 0 Å². The molecule has 21 heavy (non-hydrogen) atoms. The zero-order valence-electron chi connectivity index (χ0n) is 13.6. The summed E-state index contributed by atoms with van der Waals surface area (Å²) in [5.74, 6) is 1.41. The lowest BCUT2D eigenvalue weighted by Crippen LogP contribution is -2.25. The summed E-state index contributed by atoms with van der Waals surface area (Å²) in [6.07, 6.45) is 0. The number of carbonyl (C=O) groups is 1. The van der Waals surface area contributed by atoms with Crippen LogP contribution in [0.2, 0.25) is 0 Å². The van der Waals surface area contributed by atoms with E-state index in [-0.39, 0.29) is 23.7 Å². The van der Waals surface area contributed by atoms with Gasteiger partial charge in [-0.15, -0.1) is 11.8 Å². The number of para-hydroxylation sites is 1. The third-order valence-electron chi connectivity index (χ3n) is 3.49. The number of hydrogen-bond donors (Lipinski definition) is 2. The van der Waals surface area contributed by atoms with Crippen LogP contribution in [-0.2, 0) is 4.79 Å². The molecule has 0 aromatic heterocycles. The third-order valence-corrected chi connectivity index (χ3v) is 4.96. The van der Waals surface area contributed by atoms with Gasteiger partial charge in [0.05, 0.1) is 5.25 Å². The number of amides is 1. The van der Waals surface area contributed by atoms with Gasteiger partial charge in [-0.3, -0.25) is 4.79 Å². The van der Waals surface area contributed by atoms with Crippen molar-refractivity contribution in [2.75, 3.05) is 17.7 Å². The van der Waals surface area contributed by atoms with Crippen molar-refractivity contribution in [1.82, 2.24) is 0 Å². The summed E-state index contributed by atoms with van der Waals surface area (Å²) in [6.45, 7) is 10.3. The smallest absolute Gasteiger partial charge is 0.237 e. The number of aliphatic hydroxyl groups is 1. The number of rotatable bonds is 7. The molecule has 0 bridgehead atoms. The Bertz CT molecular complexity index is 474. The van der Waals surface area contributed by atoms with Gasteiger partial charge in [0.25, 0.3) is 0 Å². The number of carbonyl (C=O) groups excluding carboxylic acids is 1. The van der Waals surface area contributed by atoms with Gasteiger partial charge in [-0.1, -0.05) is 39.0 Å². The fourth-order valence-electron chi connectivity index (χ4n) is 2.00. The average Bonchev–Trinajstić information content (AvgIpc) is 2.45. The molecule has 1 rings (SSSR count). The normalized spacial score (nSPS) is 14.0. The Labute approximate surface area is 132 Å². The zero-order valence-corrected chi connectivity index (χ0v) is 14.5. The van der Waals surface area contributed by atoms with Crippen molar-refractivity contribution in [3.05, 3.63) is 29.3 Å². The number of aliphatic hydroxyl groups excluding tert-OH is 1. The molecule has 2 N–H and O–H groups in total. The fraction of sp³-hybridized carbons (Fsp3) is 0.588. The highest BCUT2D eigenvalue weighted by Crippen LogP contribution is 2.28. The van der Waals surface area contributed by atoms with Crippen molar-refractivity contribution in [2.24, 2.45) is 5.92 Å². The summed E-state index contributed by atoms with van der Waals surface area (Å²) in [5, 5.41) is 12.0. The highest BCUT2D eigenvalue weighted by Gasteiger charge is 2.18. The first kappa shape index (κ1) is 18.1. The van der Waals surface area contributed by atoms with E-state index in [4.69, 9.17) is 5.11 Å². The number of thioether (sulfide) groups is 1. The summed E-state index contributed by atoms with van der Waals surface area (Å²) in [7, 11) is 0. The predicted molar refractivity (Wildman–Crippen MR) is 92.1 cm³/mol. The number of aryl methyl sites for hydroxylation is 1. The molecule has 0 radical (unpaired) electrons. The van der Waals surface area contributed by atoms with Crippen molar-refractivity contribution in [3.63, 3.8) is 0 Å². The van der Waals surface area contributed by atoms with Crippen LogP contribution in [0.25, 0.3) is 0 Å². The van der Waals surface area contributed by atoms with E-state index in [2.05, 4.69) is 25.2 Å². The Morgan fingerprint density at radius 1 is 1.29 bits per heavy atom. The standard InChI is InChI=1S/C17H27NO2S/c1-11(2)15-8-6-7-13(4)16(15)18-17(20)14(5)21-10-12(3)9-19/h6-8,11-12,14,19H,9-10H2,1-5H3,(H,18,20). The monoisotopic (exact) mass is 309 g/mol. The maximum Gasteiger partial charge on any atom is 0.237 e. The number of hydrogen-bond acceptors (Lipinski definition) is 3. The Morgan fingerprint density at radius 3 is 2.52 bits per heavy atom. The maximum absolute atomic E-state index is 12.3. The Balaban J connectivity index is 2.74. The highest BCUT2D eigenvalue weighted by molar-refractivity contribution is 8.00. The summed E-state index contributed by atoms with van der Waals surface area (Å²) < 4.78 is 0. The second kappa shape index (κ2) is 8.44. The lowest BCUT2D eigenvalue weighted by atomic mass is 9.98. The van der Waals surface area contributed by atoms with Crippen LogP contribution in [0.15, 0.2) is 18.2 Å². The highest BCUT2D eigenvalue weighted by atomic mass is 32.2. The molecule has 0 spiro atoms. The lowest BCUT2D eigenvalue weighted by molar-refractivity contribution is -0.115. The second-order valence-corrected chi connectivity index (χ2v) is 7.32.